The molecule has 1 aliphatic rings. The first-order valence-electron chi connectivity index (χ1n) is 9.86. The Morgan fingerprint density at radius 3 is 2.82 bits per heavy atom. The third kappa shape index (κ3) is 5.11. The van der Waals surface area contributed by atoms with E-state index in [9.17, 15) is 4.79 Å². The highest BCUT2D eigenvalue weighted by molar-refractivity contribution is 7.80. The second-order valence-electron chi connectivity index (χ2n) is 7.04. The fourth-order valence-corrected chi connectivity index (χ4v) is 5.09. The SMILES string of the molecule is COC(=O)c1c(NC(=S)NCCCn2nccc2C)sc2c1CCCCCC2. The summed E-state index contributed by atoms with van der Waals surface area (Å²) in [6.45, 7) is 3.63. The molecule has 2 N–H and O–H groups in total. The molecule has 3 rings (SSSR count). The number of methoxy groups -OCH3 is 1. The summed E-state index contributed by atoms with van der Waals surface area (Å²) in [6.07, 6.45) is 9.43. The third-order valence-corrected chi connectivity index (χ3v) is 6.50. The zero-order valence-electron chi connectivity index (χ0n) is 16.5. The van der Waals surface area contributed by atoms with Gasteiger partial charge in [-0.2, -0.15) is 5.10 Å². The van der Waals surface area contributed by atoms with Crippen LogP contribution >= 0.6 is 23.6 Å². The van der Waals surface area contributed by atoms with Crippen LogP contribution in [0.25, 0.3) is 0 Å². The van der Waals surface area contributed by atoms with E-state index in [-0.39, 0.29) is 5.97 Å². The predicted octanol–water partition coefficient (Wildman–Crippen LogP) is 4.08. The Morgan fingerprint density at radius 1 is 1.32 bits per heavy atom. The van der Waals surface area contributed by atoms with Gasteiger partial charge in [-0.15, -0.1) is 11.3 Å². The Kier molecular flexibility index (Phi) is 7.44. The van der Waals surface area contributed by atoms with Crippen molar-refractivity contribution in [1.29, 1.82) is 0 Å². The van der Waals surface area contributed by atoms with Gasteiger partial charge in [0.1, 0.15) is 5.00 Å². The largest absolute Gasteiger partial charge is 0.465 e. The lowest BCUT2D eigenvalue weighted by Crippen LogP contribution is -2.30. The van der Waals surface area contributed by atoms with E-state index >= 15 is 0 Å². The minimum absolute atomic E-state index is 0.280. The molecule has 28 heavy (non-hydrogen) atoms. The van der Waals surface area contributed by atoms with E-state index in [0.29, 0.717) is 10.7 Å². The average Bonchev–Trinajstić information content (AvgIpc) is 3.21. The number of fused-ring (bicyclic) bond motifs is 1. The molecule has 1 aliphatic carbocycles. The first-order valence-corrected chi connectivity index (χ1v) is 11.1. The summed E-state index contributed by atoms with van der Waals surface area (Å²) >= 11 is 7.10. The molecular formula is C20H28N4O2S2. The number of hydrogen-bond acceptors (Lipinski definition) is 5. The van der Waals surface area contributed by atoms with Crippen molar-refractivity contribution in [3.05, 3.63) is 34.0 Å². The molecule has 0 aliphatic heterocycles. The van der Waals surface area contributed by atoms with Gasteiger partial charge in [-0.05, 0) is 62.9 Å². The van der Waals surface area contributed by atoms with Gasteiger partial charge in [-0.3, -0.25) is 4.68 Å². The molecule has 8 heteroatoms. The number of hydrogen-bond donors (Lipinski definition) is 2. The van der Waals surface area contributed by atoms with Crippen LogP contribution in [0.2, 0.25) is 0 Å². The van der Waals surface area contributed by atoms with Crippen LogP contribution in [-0.4, -0.2) is 34.5 Å². The van der Waals surface area contributed by atoms with Crippen LogP contribution in [0.4, 0.5) is 5.00 Å². The van der Waals surface area contributed by atoms with E-state index in [4.69, 9.17) is 17.0 Å². The minimum atomic E-state index is -0.280. The molecule has 0 aromatic carbocycles. The number of aromatic nitrogens is 2. The van der Waals surface area contributed by atoms with Crippen LogP contribution in [0.1, 0.15) is 58.6 Å². The van der Waals surface area contributed by atoms with Crippen molar-refractivity contribution < 1.29 is 9.53 Å². The predicted molar refractivity (Wildman–Crippen MR) is 117 cm³/mol. The molecule has 152 valence electrons. The van der Waals surface area contributed by atoms with Crippen LogP contribution in [0.3, 0.4) is 0 Å². The molecular weight excluding hydrogens is 392 g/mol. The van der Waals surface area contributed by atoms with E-state index < -0.39 is 0 Å². The van der Waals surface area contributed by atoms with Crippen molar-refractivity contribution in [2.45, 2.75) is 58.4 Å². The second-order valence-corrected chi connectivity index (χ2v) is 8.56. The van der Waals surface area contributed by atoms with Crippen molar-refractivity contribution in [3.63, 3.8) is 0 Å². The Bertz CT molecular complexity index is 828. The Labute approximate surface area is 175 Å². The van der Waals surface area contributed by atoms with Gasteiger partial charge in [0.05, 0.1) is 12.7 Å². The molecule has 2 heterocycles. The molecule has 0 bridgehead atoms. The minimum Gasteiger partial charge on any atom is -0.465 e. The summed E-state index contributed by atoms with van der Waals surface area (Å²) in [5.74, 6) is -0.280. The summed E-state index contributed by atoms with van der Waals surface area (Å²) in [4.78, 5) is 13.7. The highest BCUT2D eigenvalue weighted by Crippen LogP contribution is 2.37. The van der Waals surface area contributed by atoms with Crippen LogP contribution in [0.15, 0.2) is 12.3 Å². The Hall–Kier alpha value is -1.93. The highest BCUT2D eigenvalue weighted by Gasteiger charge is 2.25. The lowest BCUT2D eigenvalue weighted by atomic mass is 9.96. The lowest BCUT2D eigenvalue weighted by Gasteiger charge is -2.12. The zero-order valence-corrected chi connectivity index (χ0v) is 18.2. The number of carbonyl (C=O) groups is 1. The fraction of sp³-hybridized carbons (Fsp3) is 0.550. The Balaban J connectivity index is 1.62. The van der Waals surface area contributed by atoms with Crippen LogP contribution in [-0.2, 0) is 24.1 Å². The van der Waals surface area contributed by atoms with E-state index in [1.807, 2.05) is 23.9 Å². The first-order chi connectivity index (χ1) is 13.6. The van der Waals surface area contributed by atoms with Gasteiger partial charge in [-0.25, -0.2) is 4.79 Å². The number of carbonyl (C=O) groups excluding carboxylic acids is 1. The van der Waals surface area contributed by atoms with Crippen LogP contribution in [0, 0.1) is 6.92 Å². The molecule has 0 saturated heterocycles. The molecule has 0 unspecified atom stereocenters. The second kappa shape index (κ2) is 10.0. The highest BCUT2D eigenvalue weighted by atomic mass is 32.1. The number of anilines is 1. The van der Waals surface area contributed by atoms with Crippen molar-refractivity contribution in [2.24, 2.45) is 0 Å². The topological polar surface area (TPSA) is 68.2 Å². The van der Waals surface area contributed by atoms with Gasteiger partial charge in [0.2, 0.25) is 0 Å². The smallest absolute Gasteiger partial charge is 0.341 e. The summed E-state index contributed by atoms with van der Waals surface area (Å²) in [7, 11) is 1.44. The van der Waals surface area contributed by atoms with Crippen molar-refractivity contribution in [1.82, 2.24) is 15.1 Å². The van der Waals surface area contributed by atoms with Crippen molar-refractivity contribution in [3.8, 4) is 0 Å². The fourth-order valence-electron chi connectivity index (χ4n) is 3.54. The zero-order chi connectivity index (χ0) is 19.9. The van der Waals surface area contributed by atoms with E-state index in [2.05, 4.69) is 15.7 Å². The normalized spacial score (nSPS) is 13.9. The van der Waals surface area contributed by atoms with Gasteiger partial charge in [0.15, 0.2) is 5.11 Å². The maximum atomic E-state index is 12.4. The number of nitrogens with one attached hydrogen (secondary N) is 2. The molecule has 2 aromatic heterocycles. The number of rotatable bonds is 6. The van der Waals surface area contributed by atoms with E-state index in [0.717, 1.165) is 55.0 Å². The molecule has 0 atom stereocenters. The Morgan fingerprint density at radius 2 is 2.11 bits per heavy atom. The van der Waals surface area contributed by atoms with E-state index in [1.54, 1.807) is 11.3 Å². The number of thiocarbonyl (C=S) groups is 1. The number of thiophene rings is 1. The molecule has 2 aromatic rings. The standard InChI is InChI=1S/C20H28N4O2S2/c1-14-10-12-22-24(14)13-7-11-21-20(27)23-18-17(19(25)26-2)15-8-5-3-4-6-9-16(15)28-18/h10,12H,3-9,11,13H2,1-2H3,(H2,21,23,27). The maximum Gasteiger partial charge on any atom is 0.341 e. The quantitative estimate of drug-likeness (QED) is 0.417. The monoisotopic (exact) mass is 420 g/mol. The average molecular weight is 421 g/mol. The van der Waals surface area contributed by atoms with E-state index in [1.165, 1.54) is 31.2 Å². The molecule has 0 amide bonds. The molecule has 0 fully saturated rings. The summed E-state index contributed by atoms with van der Waals surface area (Å²) in [6, 6.07) is 2.00. The summed E-state index contributed by atoms with van der Waals surface area (Å²) in [5.41, 5.74) is 2.97. The van der Waals surface area contributed by atoms with Gasteiger partial charge >= 0.3 is 5.97 Å². The number of nitrogens with zero attached hydrogens (tertiary/aromatic N) is 2. The lowest BCUT2D eigenvalue weighted by molar-refractivity contribution is 0.0601. The first kappa shape index (κ1) is 20.8. The van der Waals surface area contributed by atoms with Crippen molar-refractivity contribution >= 4 is 39.6 Å². The van der Waals surface area contributed by atoms with Crippen LogP contribution in [0.5, 0.6) is 0 Å². The summed E-state index contributed by atoms with van der Waals surface area (Å²) < 4.78 is 7.04. The third-order valence-electron chi connectivity index (χ3n) is 5.05. The number of ether oxygens (including phenoxy) is 1. The molecule has 0 radical (unpaired) electrons. The van der Waals surface area contributed by atoms with Gasteiger partial charge in [0, 0.05) is 29.9 Å². The maximum absolute atomic E-state index is 12.4. The number of esters is 1. The van der Waals surface area contributed by atoms with Gasteiger partial charge in [0.25, 0.3) is 0 Å². The molecule has 0 saturated carbocycles. The summed E-state index contributed by atoms with van der Waals surface area (Å²) in [5, 5.41) is 12.1. The molecule has 6 nitrogen and oxygen atoms in total. The van der Waals surface area contributed by atoms with Gasteiger partial charge in [-0.1, -0.05) is 12.8 Å². The van der Waals surface area contributed by atoms with Gasteiger partial charge < -0.3 is 15.4 Å². The molecule has 0 spiro atoms. The number of aryl methyl sites for hydroxylation is 3. The van der Waals surface area contributed by atoms with Crippen LogP contribution < -0.4 is 10.6 Å². The van der Waals surface area contributed by atoms with Crippen molar-refractivity contribution in [2.75, 3.05) is 19.0 Å².